The summed E-state index contributed by atoms with van der Waals surface area (Å²) in [6.45, 7) is 10.2. The zero-order valence-corrected chi connectivity index (χ0v) is 19.0. The number of hydrogen-bond donors (Lipinski definition) is 1. The number of allylic oxidation sites excluding steroid dienone is 3. The molecule has 5 heteroatoms. The van der Waals surface area contributed by atoms with Crippen molar-refractivity contribution < 1.29 is 0 Å². The number of aromatic nitrogens is 2. The van der Waals surface area contributed by atoms with Gasteiger partial charge < -0.3 is 10.3 Å². The summed E-state index contributed by atoms with van der Waals surface area (Å²) in [5.41, 5.74) is 16.6. The van der Waals surface area contributed by atoms with Crippen molar-refractivity contribution in [3.63, 3.8) is 0 Å². The van der Waals surface area contributed by atoms with Gasteiger partial charge in [0.15, 0.2) is 0 Å². The molecule has 0 saturated heterocycles. The molecule has 1 aliphatic rings. The Balaban J connectivity index is 1.97. The highest BCUT2D eigenvalue weighted by Crippen LogP contribution is 2.44. The molecule has 1 aromatic carbocycles. The van der Waals surface area contributed by atoms with E-state index in [2.05, 4.69) is 78.9 Å². The van der Waals surface area contributed by atoms with E-state index in [0.29, 0.717) is 16.8 Å². The number of rotatable bonds is 3. The van der Waals surface area contributed by atoms with E-state index < -0.39 is 0 Å². The highest BCUT2D eigenvalue weighted by molar-refractivity contribution is 6.08. The van der Waals surface area contributed by atoms with Crippen molar-refractivity contribution in [2.45, 2.75) is 41.0 Å². The maximum Gasteiger partial charge on any atom is 0.142 e. The zero-order chi connectivity index (χ0) is 23.2. The van der Waals surface area contributed by atoms with Crippen LogP contribution in [0.1, 0.15) is 58.7 Å². The van der Waals surface area contributed by atoms with E-state index in [4.69, 9.17) is 5.73 Å². The normalized spacial score (nSPS) is 13.9. The van der Waals surface area contributed by atoms with E-state index >= 15 is 0 Å². The van der Waals surface area contributed by atoms with Crippen molar-refractivity contribution in [2.24, 2.45) is 0 Å². The maximum absolute atomic E-state index is 9.80. The number of pyridine rings is 1. The molecular weight excluding hydrogens is 394 g/mol. The number of aryl methyl sites for hydroxylation is 2. The number of benzene rings is 1. The van der Waals surface area contributed by atoms with Gasteiger partial charge in [0.05, 0.1) is 16.8 Å². The first kappa shape index (κ1) is 21.2. The number of fused-ring (bicyclic) bond motifs is 1. The average molecular weight is 420 g/mol. The van der Waals surface area contributed by atoms with Gasteiger partial charge in [-0.05, 0) is 80.2 Å². The van der Waals surface area contributed by atoms with Crippen LogP contribution >= 0.6 is 0 Å². The third kappa shape index (κ3) is 3.02. The van der Waals surface area contributed by atoms with E-state index in [0.717, 1.165) is 45.6 Å². The van der Waals surface area contributed by atoms with Gasteiger partial charge in [-0.3, -0.25) is 0 Å². The Morgan fingerprint density at radius 1 is 1.09 bits per heavy atom. The summed E-state index contributed by atoms with van der Waals surface area (Å²) in [7, 11) is 0. The van der Waals surface area contributed by atoms with Gasteiger partial charge in [0, 0.05) is 22.6 Å². The Morgan fingerprint density at radius 2 is 1.81 bits per heavy atom. The van der Waals surface area contributed by atoms with E-state index in [1.165, 1.54) is 11.3 Å². The summed E-state index contributed by atoms with van der Waals surface area (Å²) in [6, 6.07) is 15.1. The number of nitriles is 2. The zero-order valence-electron chi connectivity index (χ0n) is 19.0. The van der Waals surface area contributed by atoms with Crippen molar-refractivity contribution in [3.05, 3.63) is 80.8 Å². The molecule has 2 heterocycles. The second kappa shape index (κ2) is 7.87. The molecule has 32 heavy (non-hydrogen) atoms. The quantitative estimate of drug-likeness (QED) is 0.592. The van der Waals surface area contributed by atoms with Crippen LogP contribution in [0.5, 0.6) is 0 Å². The number of nitrogens with two attached hydrogens (primary N) is 1. The molecule has 2 aromatic heterocycles. The highest BCUT2D eigenvalue weighted by Gasteiger charge is 2.30. The van der Waals surface area contributed by atoms with E-state index in [9.17, 15) is 10.5 Å². The van der Waals surface area contributed by atoms with Gasteiger partial charge in [0.1, 0.15) is 18.0 Å². The van der Waals surface area contributed by atoms with Crippen molar-refractivity contribution in [3.8, 4) is 17.8 Å². The third-order valence-electron chi connectivity index (χ3n) is 6.37. The van der Waals surface area contributed by atoms with Crippen LogP contribution in [-0.2, 0) is 6.42 Å². The van der Waals surface area contributed by atoms with Crippen LogP contribution in [0, 0.1) is 43.4 Å². The molecule has 0 spiro atoms. The summed E-state index contributed by atoms with van der Waals surface area (Å²) in [6.07, 6.45) is 3.06. The van der Waals surface area contributed by atoms with Crippen LogP contribution in [0.2, 0.25) is 0 Å². The molecule has 0 saturated carbocycles. The fourth-order valence-electron chi connectivity index (χ4n) is 4.68. The Kier molecular flexibility index (Phi) is 5.20. The minimum Gasteiger partial charge on any atom is -0.383 e. The molecule has 5 nitrogen and oxygen atoms in total. The summed E-state index contributed by atoms with van der Waals surface area (Å²) < 4.78 is 2.28. The molecular formula is C27H25N5. The minimum absolute atomic E-state index is 0.167. The van der Waals surface area contributed by atoms with Crippen LogP contribution in [0.4, 0.5) is 5.82 Å². The fraction of sp³-hybridized carbons (Fsp3) is 0.222. The standard InChI is InChI=1S/C27H25N5/c1-6-19-9-7-8-10-24(19)32-15(2)11-20(18(32)5)12-21-16(3)22(13-28)26-25(21)17(4)23(14-29)27(30)31-26/h7-12H,6H2,1-5H3,(H2,30,31)/b21-12-. The van der Waals surface area contributed by atoms with E-state index in [1.807, 2.05) is 13.8 Å². The molecule has 0 bridgehead atoms. The second-order valence-corrected chi connectivity index (χ2v) is 8.15. The van der Waals surface area contributed by atoms with Crippen LogP contribution in [0.3, 0.4) is 0 Å². The lowest BCUT2D eigenvalue weighted by Crippen LogP contribution is -2.04. The summed E-state index contributed by atoms with van der Waals surface area (Å²) in [5, 5.41) is 19.4. The van der Waals surface area contributed by atoms with Crippen molar-refractivity contribution in [1.29, 1.82) is 10.5 Å². The van der Waals surface area contributed by atoms with Crippen LogP contribution in [-0.4, -0.2) is 9.55 Å². The smallest absolute Gasteiger partial charge is 0.142 e. The average Bonchev–Trinajstić information content (AvgIpc) is 3.20. The number of para-hydroxylation sites is 1. The lowest BCUT2D eigenvalue weighted by molar-refractivity contribution is 0.936. The molecule has 0 radical (unpaired) electrons. The lowest BCUT2D eigenvalue weighted by Gasteiger charge is -2.14. The first-order chi connectivity index (χ1) is 15.3. The maximum atomic E-state index is 9.80. The van der Waals surface area contributed by atoms with E-state index in [-0.39, 0.29) is 5.82 Å². The van der Waals surface area contributed by atoms with Gasteiger partial charge in [0.25, 0.3) is 0 Å². The molecule has 0 unspecified atom stereocenters. The number of nitrogens with zero attached hydrogens (tertiary/aromatic N) is 4. The summed E-state index contributed by atoms with van der Waals surface area (Å²) in [4.78, 5) is 4.42. The molecule has 0 fully saturated rings. The highest BCUT2D eigenvalue weighted by atomic mass is 15.0. The summed E-state index contributed by atoms with van der Waals surface area (Å²) >= 11 is 0. The van der Waals surface area contributed by atoms with Crippen molar-refractivity contribution in [1.82, 2.24) is 9.55 Å². The molecule has 2 N–H and O–H groups in total. The molecule has 1 aliphatic carbocycles. The van der Waals surface area contributed by atoms with Gasteiger partial charge in [-0.1, -0.05) is 25.1 Å². The Bertz CT molecular complexity index is 1420. The van der Waals surface area contributed by atoms with Gasteiger partial charge in [-0.25, -0.2) is 4.98 Å². The van der Waals surface area contributed by atoms with Crippen molar-refractivity contribution in [2.75, 3.05) is 5.73 Å². The van der Waals surface area contributed by atoms with Crippen LogP contribution in [0.25, 0.3) is 22.9 Å². The third-order valence-corrected chi connectivity index (χ3v) is 6.37. The van der Waals surface area contributed by atoms with Crippen molar-refractivity contribution >= 4 is 23.0 Å². The van der Waals surface area contributed by atoms with Gasteiger partial charge in [-0.2, -0.15) is 10.5 Å². The molecule has 4 rings (SSSR count). The topological polar surface area (TPSA) is 91.4 Å². The number of hydrogen-bond acceptors (Lipinski definition) is 4. The predicted molar refractivity (Wildman–Crippen MR) is 129 cm³/mol. The second-order valence-electron chi connectivity index (χ2n) is 8.15. The molecule has 0 aliphatic heterocycles. The molecule has 3 aromatic rings. The number of nitrogen functional groups attached to an aromatic ring is 1. The predicted octanol–water partition coefficient (Wildman–Crippen LogP) is 5.67. The first-order valence-corrected chi connectivity index (χ1v) is 10.6. The largest absolute Gasteiger partial charge is 0.383 e. The fourth-order valence-corrected chi connectivity index (χ4v) is 4.68. The molecule has 0 amide bonds. The van der Waals surface area contributed by atoms with Gasteiger partial charge in [-0.15, -0.1) is 0 Å². The molecule has 0 atom stereocenters. The van der Waals surface area contributed by atoms with Crippen LogP contribution in [0.15, 0.2) is 35.9 Å². The van der Waals surface area contributed by atoms with Gasteiger partial charge in [0.2, 0.25) is 0 Å². The van der Waals surface area contributed by atoms with Gasteiger partial charge >= 0.3 is 0 Å². The monoisotopic (exact) mass is 419 g/mol. The number of anilines is 1. The lowest BCUT2D eigenvalue weighted by atomic mass is 9.95. The first-order valence-electron chi connectivity index (χ1n) is 10.6. The minimum atomic E-state index is 0.167. The Labute approximate surface area is 188 Å². The Morgan fingerprint density at radius 3 is 2.47 bits per heavy atom. The van der Waals surface area contributed by atoms with E-state index in [1.54, 1.807) is 0 Å². The molecule has 158 valence electrons. The van der Waals surface area contributed by atoms with Crippen LogP contribution < -0.4 is 5.73 Å². The SMILES string of the molecule is CCc1ccccc1-n1c(C)cc(/C=C2/C(C)=C(C#N)c3nc(N)c(C#N)c(C)c32)c1C. The summed E-state index contributed by atoms with van der Waals surface area (Å²) in [5.74, 6) is 0.167. The Hall–Kier alpha value is -4.09.